The predicted molar refractivity (Wildman–Crippen MR) is 63.7 cm³/mol. The zero-order valence-corrected chi connectivity index (χ0v) is 10.4. The van der Waals surface area contributed by atoms with Crippen LogP contribution in [0.3, 0.4) is 0 Å². The van der Waals surface area contributed by atoms with Crippen LogP contribution in [0.5, 0.6) is 0 Å². The lowest BCUT2D eigenvalue weighted by molar-refractivity contribution is -0.163. The van der Waals surface area contributed by atoms with E-state index in [1.54, 1.807) is 0 Å². The third kappa shape index (κ3) is 2.36. The van der Waals surface area contributed by atoms with E-state index in [9.17, 15) is 5.11 Å². The number of ether oxygens (including phenoxy) is 2. The molecular formula is C13H23NO3. The fraction of sp³-hybridized carbons (Fsp3) is 1.00. The highest BCUT2D eigenvalue weighted by Gasteiger charge is 2.44. The summed E-state index contributed by atoms with van der Waals surface area (Å²) in [6, 6.07) is 0.346. The summed E-state index contributed by atoms with van der Waals surface area (Å²) >= 11 is 0. The molecule has 17 heavy (non-hydrogen) atoms. The highest BCUT2D eigenvalue weighted by atomic mass is 16.7. The van der Waals surface area contributed by atoms with Gasteiger partial charge in [0.2, 0.25) is 0 Å². The van der Waals surface area contributed by atoms with E-state index in [0.717, 1.165) is 39.0 Å². The Hall–Kier alpha value is -0.160. The number of hydrogen-bond acceptors (Lipinski definition) is 4. The Morgan fingerprint density at radius 2 is 2.06 bits per heavy atom. The SMILES string of the molecule is OC[C@@H]1CCCN1CC1COC2(CCCC2)O1. The third-order valence-corrected chi connectivity index (χ3v) is 4.43. The second-order valence-electron chi connectivity index (χ2n) is 5.64. The van der Waals surface area contributed by atoms with Crippen LogP contribution in [-0.2, 0) is 9.47 Å². The van der Waals surface area contributed by atoms with Crippen LogP contribution >= 0.6 is 0 Å². The number of likely N-dealkylation sites (tertiary alicyclic amines) is 1. The number of rotatable bonds is 3. The molecule has 0 aromatic rings. The lowest BCUT2D eigenvalue weighted by atomic mass is 10.2. The molecule has 2 atom stereocenters. The smallest absolute Gasteiger partial charge is 0.168 e. The van der Waals surface area contributed by atoms with Gasteiger partial charge < -0.3 is 14.6 Å². The number of hydrogen-bond donors (Lipinski definition) is 1. The first-order chi connectivity index (χ1) is 8.31. The van der Waals surface area contributed by atoms with Crippen LogP contribution in [0.15, 0.2) is 0 Å². The van der Waals surface area contributed by atoms with Crippen LogP contribution in [0.4, 0.5) is 0 Å². The molecular weight excluding hydrogens is 218 g/mol. The van der Waals surface area contributed by atoms with E-state index < -0.39 is 0 Å². The molecule has 2 saturated heterocycles. The second-order valence-corrected chi connectivity index (χ2v) is 5.64. The Labute approximate surface area is 103 Å². The average molecular weight is 241 g/mol. The first-order valence-corrected chi connectivity index (χ1v) is 6.98. The Kier molecular flexibility index (Phi) is 3.39. The van der Waals surface area contributed by atoms with Gasteiger partial charge in [0, 0.05) is 25.4 Å². The summed E-state index contributed by atoms with van der Waals surface area (Å²) in [7, 11) is 0. The van der Waals surface area contributed by atoms with Crippen molar-refractivity contribution in [2.75, 3.05) is 26.3 Å². The summed E-state index contributed by atoms with van der Waals surface area (Å²) in [6.45, 7) is 3.03. The van der Waals surface area contributed by atoms with E-state index in [4.69, 9.17) is 9.47 Å². The molecule has 4 heteroatoms. The highest BCUT2D eigenvalue weighted by molar-refractivity contribution is 4.87. The van der Waals surface area contributed by atoms with Crippen molar-refractivity contribution >= 4 is 0 Å². The highest BCUT2D eigenvalue weighted by Crippen LogP contribution is 2.39. The first kappa shape index (κ1) is 11.9. The minimum atomic E-state index is -0.237. The molecule has 0 aromatic carbocycles. The lowest BCUT2D eigenvalue weighted by Gasteiger charge is -2.26. The van der Waals surface area contributed by atoms with Gasteiger partial charge in [-0.05, 0) is 32.2 Å². The largest absolute Gasteiger partial charge is 0.395 e. The Bertz CT molecular complexity index is 265. The molecule has 1 spiro atoms. The van der Waals surface area contributed by atoms with Crippen LogP contribution in [0.25, 0.3) is 0 Å². The third-order valence-electron chi connectivity index (χ3n) is 4.43. The molecule has 98 valence electrons. The summed E-state index contributed by atoms with van der Waals surface area (Å²) in [5.74, 6) is -0.237. The molecule has 3 aliphatic rings. The molecule has 4 nitrogen and oxygen atoms in total. The first-order valence-electron chi connectivity index (χ1n) is 6.98. The van der Waals surface area contributed by atoms with Crippen molar-refractivity contribution in [1.82, 2.24) is 4.90 Å². The van der Waals surface area contributed by atoms with Crippen molar-refractivity contribution in [3.63, 3.8) is 0 Å². The monoisotopic (exact) mass is 241 g/mol. The molecule has 3 fully saturated rings. The number of aliphatic hydroxyl groups excluding tert-OH is 1. The molecule has 1 unspecified atom stereocenters. The molecule has 1 N–H and O–H groups in total. The molecule has 0 aromatic heterocycles. The maximum Gasteiger partial charge on any atom is 0.168 e. The van der Waals surface area contributed by atoms with Crippen molar-refractivity contribution in [2.45, 2.75) is 56.5 Å². The molecule has 1 saturated carbocycles. The van der Waals surface area contributed by atoms with Gasteiger partial charge in [-0.3, -0.25) is 4.90 Å². The normalized spacial score (nSPS) is 37.2. The molecule has 3 rings (SSSR count). The van der Waals surface area contributed by atoms with E-state index in [0.29, 0.717) is 6.04 Å². The van der Waals surface area contributed by atoms with Gasteiger partial charge in [-0.25, -0.2) is 0 Å². The predicted octanol–water partition coefficient (Wildman–Crippen LogP) is 1.13. The van der Waals surface area contributed by atoms with Crippen LogP contribution in [0.2, 0.25) is 0 Å². The summed E-state index contributed by atoms with van der Waals surface area (Å²) in [4.78, 5) is 2.36. The van der Waals surface area contributed by atoms with Gasteiger partial charge in [-0.15, -0.1) is 0 Å². The second kappa shape index (κ2) is 4.84. The average Bonchev–Trinajstić information content (AvgIpc) is 3.03. The minimum Gasteiger partial charge on any atom is -0.395 e. The van der Waals surface area contributed by atoms with Crippen molar-refractivity contribution < 1.29 is 14.6 Å². The fourth-order valence-electron chi connectivity index (χ4n) is 3.49. The van der Waals surface area contributed by atoms with Crippen molar-refractivity contribution in [1.29, 1.82) is 0 Å². The Morgan fingerprint density at radius 1 is 1.24 bits per heavy atom. The van der Waals surface area contributed by atoms with E-state index in [1.807, 2.05) is 0 Å². The van der Waals surface area contributed by atoms with Crippen LogP contribution in [-0.4, -0.2) is 54.2 Å². The molecule has 2 heterocycles. The molecule has 2 aliphatic heterocycles. The summed E-state index contributed by atoms with van der Waals surface area (Å²) in [6.07, 6.45) is 7.12. The van der Waals surface area contributed by atoms with E-state index in [2.05, 4.69) is 4.90 Å². The maximum atomic E-state index is 9.30. The Morgan fingerprint density at radius 3 is 2.82 bits per heavy atom. The zero-order chi connectivity index (χ0) is 11.7. The molecule has 0 bridgehead atoms. The zero-order valence-electron chi connectivity index (χ0n) is 10.4. The van der Waals surface area contributed by atoms with Crippen LogP contribution in [0.1, 0.15) is 38.5 Å². The number of aliphatic hydroxyl groups is 1. The van der Waals surface area contributed by atoms with E-state index >= 15 is 0 Å². The topological polar surface area (TPSA) is 41.9 Å². The maximum absolute atomic E-state index is 9.30. The van der Waals surface area contributed by atoms with Gasteiger partial charge in [-0.2, -0.15) is 0 Å². The molecule has 0 radical (unpaired) electrons. The van der Waals surface area contributed by atoms with Crippen LogP contribution in [0, 0.1) is 0 Å². The van der Waals surface area contributed by atoms with Crippen molar-refractivity contribution in [2.24, 2.45) is 0 Å². The van der Waals surface area contributed by atoms with Gasteiger partial charge in [0.05, 0.1) is 19.3 Å². The van der Waals surface area contributed by atoms with Crippen molar-refractivity contribution in [3.05, 3.63) is 0 Å². The molecule has 0 amide bonds. The minimum absolute atomic E-state index is 0.209. The summed E-state index contributed by atoms with van der Waals surface area (Å²) in [5, 5.41) is 9.30. The van der Waals surface area contributed by atoms with Gasteiger partial charge >= 0.3 is 0 Å². The Balaban J connectivity index is 1.53. The van der Waals surface area contributed by atoms with Gasteiger partial charge in [0.15, 0.2) is 5.79 Å². The summed E-state index contributed by atoms with van der Waals surface area (Å²) in [5.41, 5.74) is 0. The standard InChI is InChI=1S/C13H23NO3/c15-9-11-4-3-7-14(11)8-12-10-16-13(17-12)5-1-2-6-13/h11-12,15H,1-10H2/t11-,12?/m0/s1. The summed E-state index contributed by atoms with van der Waals surface area (Å²) < 4.78 is 12.0. The quantitative estimate of drug-likeness (QED) is 0.804. The number of nitrogens with zero attached hydrogens (tertiary/aromatic N) is 1. The van der Waals surface area contributed by atoms with Gasteiger partial charge in [-0.1, -0.05) is 0 Å². The van der Waals surface area contributed by atoms with E-state index in [1.165, 1.54) is 19.3 Å². The van der Waals surface area contributed by atoms with Gasteiger partial charge in [0.1, 0.15) is 0 Å². The lowest BCUT2D eigenvalue weighted by Crippen LogP contribution is -2.39. The van der Waals surface area contributed by atoms with Crippen LogP contribution < -0.4 is 0 Å². The van der Waals surface area contributed by atoms with Crippen molar-refractivity contribution in [3.8, 4) is 0 Å². The van der Waals surface area contributed by atoms with E-state index in [-0.39, 0.29) is 18.5 Å². The fourth-order valence-corrected chi connectivity index (χ4v) is 3.49. The molecule has 1 aliphatic carbocycles. The van der Waals surface area contributed by atoms with Gasteiger partial charge in [0.25, 0.3) is 0 Å².